The van der Waals surface area contributed by atoms with Crippen molar-refractivity contribution in [3.8, 4) is 0 Å². The molecule has 3 atom stereocenters. The van der Waals surface area contributed by atoms with E-state index >= 15 is 0 Å². The molecule has 7 nitrogen and oxygen atoms in total. The van der Waals surface area contributed by atoms with E-state index in [0.29, 0.717) is 25.8 Å². The molecule has 1 saturated carbocycles. The Morgan fingerprint density at radius 2 is 1.88 bits per heavy atom. The summed E-state index contributed by atoms with van der Waals surface area (Å²) in [5, 5.41) is 12.9. The smallest absolute Gasteiger partial charge is 0.326 e. The lowest BCUT2D eigenvalue weighted by atomic mass is 9.73. The van der Waals surface area contributed by atoms with Crippen molar-refractivity contribution in [3.63, 3.8) is 0 Å². The number of hydrogen-bond acceptors (Lipinski definition) is 5. The summed E-state index contributed by atoms with van der Waals surface area (Å²) >= 11 is 0. The van der Waals surface area contributed by atoms with Crippen molar-refractivity contribution >= 4 is 17.8 Å². The maximum atomic E-state index is 13.3. The predicted molar refractivity (Wildman–Crippen MR) is 121 cm³/mol. The van der Waals surface area contributed by atoms with Crippen molar-refractivity contribution in [2.24, 2.45) is 5.41 Å². The van der Waals surface area contributed by atoms with Crippen molar-refractivity contribution in [2.75, 3.05) is 13.2 Å². The average Bonchev–Trinajstić information content (AvgIpc) is 3.16. The van der Waals surface area contributed by atoms with E-state index in [1.54, 1.807) is 13.8 Å². The second-order valence-electron chi connectivity index (χ2n) is 9.30. The number of esters is 1. The van der Waals surface area contributed by atoms with Gasteiger partial charge in [0.1, 0.15) is 12.1 Å². The Kier molecular flexibility index (Phi) is 8.29. The molecular formula is C25H36N2O5. The van der Waals surface area contributed by atoms with Crippen LogP contribution >= 0.6 is 0 Å². The summed E-state index contributed by atoms with van der Waals surface area (Å²) in [6.07, 6.45) is 6.99. The van der Waals surface area contributed by atoms with Crippen LogP contribution in [0.1, 0.15) is 64.4 Å². The Balaban J connectivity index is 1.68. The van der Waals surface area contributed by atoms with Gasteiger partial charge in [0.2, 0.25) is 5.91 Å². The fourth-order valence-corrected chi connectivity index (χ4v) is 5.26. The first-order valence-electron chi connectivity index (χ1n) is 11.8. The third-order valence-electron chi connectivity index (χ3n) is 6.95. The minimum atomic E-state index is -0.945. The van der Waals surface area contributed by atoms with Gasteiger partial charge in [0.05, 0.1) is 12.6 Å². The van der Waals surface area contributed by atoms with Crippen molar-refractivity contribution < 1.29 is 24.2 Å². The molecule has 0 radical (unpaired) electrons. The Bertz CT molecular complexity index is 791. The third-order valence-corrected chi connectivity index (χ3v) is 6.95. The number of carboxylic acids is 1. The summed E-state index contributed by atoms with van der Waals surface area (Å²) < 4.78 is 5.23. The van der Waals surface area contributed by atoms with E-state index in [-0.39, 0.29) is 23.9 Å². The molecule has 0 bridgehead atoms. The number of amides is 1. The maximum Gasteiger partial charge on any atom is 0.326 e. The summed E-state index contributed by atoms with van der Waals surface area (Å²) in [6.45, 7) is 4.22. The van der Waals surface area contributed by atoms with E-state index in [4.69, 9.17) is 4.74 Å². The predicted octanol–water partition coefficient (Wildman–Crippen LogP) is 3.17. The van der Waals surface area contributed by atoms with Gasteiger partial charge in [-0.05, 0) is 56.9 Å². The van der Waals surface area contributed by atoms with Crippen LogP contribution in [-0.4, -0.2) is 59.1 Å². The standard InChI is InChI=1S/C25H36N2O5/c1-3-32-24(31)20(13-12-19-10-6-4-7-11-19)26-18(2)22(28)27-17-25(14-8-5-9-15-25)16-21(27)23(29)30/h4,6-7,10-11,18,20-21,26H,3,5,8-9,12-17H2,1-2H3,(H,29,30)/t18-,20?,21-/m0/s1. The van der Waals surface area contributed by atoms with Gasteiger partial charge in [-0.1, -0.05) is 49.6 Å². The van der Waals surface area contributed by atoms with Crippen LogP contribution in [0.25, 0.3) is 0 Å². The fraction of sp³-hybridized carbons (Fsp3) is 0.640. The number of likely N-dealkylation sites (tertiary alicyclic amines) is 1. The zero-order chi connectivity index (χ0) is 23.1. The number of nitrogens with zero attached hydrogens (tertiary/aromatic N) is 1. The molecule has 7 heteroatoms. The summed E-state index contributed by atoms with van der Waals surface area (Å²) in [6, 6.07) is 7.74. The monoisotopic (exact) mass is 444 g/mol. The highest BCUT2D eigenvalue weighted by Gasteiger charge is 2.49. The molecule has 2 aliphatic rings. The van der Waals surface area contributed by atoms with Crippen molar-refractivity contribution in [3.05, 3.63) is 35.9 Å². The van der Waals surface area contributed by atoms with Gasteiger partial charge in [0.25, 0.3) is 0 Å². The molecule has 2 N–H and O–H groups in total. The van der Waals surface area contributed by atoms with Crippen LogP contribution in [0.4, 0.5) is 0 Å². The summed E-state index contributed by atoms with van der Waals surface area (Å²) in [7, 11) is 0. The largest absolute Gasteiger partial charge is 0.480 e. The van der Waals surface area contributed by atoms with E-state index in [1.807, 2.05) is 30.3 Å². The van der Waals surface area contributed by atoms with E-state index in [2.05, 4.69) is 5.32 Å². The van der Waals surface area contributed by atoms with Gasteiger partial charge in [-0.25, -0.2) is 4.79 Å². The van der Waals surface area contributed by atoms with Gasteiger partial charge in [-0.2, -0.15) is 0 Å². The molecule has 1 unspecified atom stereocenters. The van der Waals surface area contributed by atoms with Crippen LogP contribution in [0, 0.1) is 5.41 Å². The van der Waals surface area contributed by atoms with Crippen LogP contribution in [-0.2, 0) is 25.5 Å². The van der Waals surface area contributed by atoms with Crippen molar-refractivity contribution in [1.29, 1.82) is 0 Å². The zero-order valence-corrected chi connectivity index (χ0v) is 19.2. The lowest BCUT2D eigenvalue weighted by Crippen LogP contribution is -2.53. The molecule has 3 rings (SSSR count). The molecule has 1 aromatic rings. The first-order chi connectivity index (χ1) is 15.3. The molecule has 2 fully saturated rings. The zero-order valence-electron chi connectivity index (χ0n) is 19.2. The van der Waals surface area contributed by atoms with E-state index in [1.165, 1.54) is 11.3 Å². The Morgan fingerprint density at radius 3 is 2.50 bits per heavy atom. The summed E-state index contributed by atoms with van der Waals surface area (Å²) in [4.78, 5) is 39.4. The molecule has 1 heterocycles. The Hall–Kier alpha value is -2.41. The molecule has 32 heavy (non-hydrogen) atoms. The molecular weight excluding hydrogens is 408 g/mol. The first-order valence-corrected chi connectivity index (χ1v) is 11.8. The molecule has 0 aromatic heterocycles. The van der Waals surface area contributed by atoms with Crippen LogP contribution in [0.3, 0.4) is 0 Å². The van der Waals surface area contributed by atoms with Crippen molar-refractivity contribution in [1.82, 2.24) is 10.2 Å². The van der Waals surface area contributed by atoms with E-state index < -0.39 is 24.1 Å². The number of hydrogen-bond donors (Lipinski definition) is 2. The third kappa shape index (κ3) is 5.88. The number of carbonyl (C=O) groups is 3. The van der Waals surface area contributed by atoms with Crippen LogP contribution < -0.4 is 5.32 Å². The van der Waals surface area contributed by atoms with Gasteiger partial charge in [0.15, 0.2) is 0 Å². The van der Waals surface area contributed by atoms with Crippen LogP contribution in [0.5, 0.6) is 0 Å². The van der Waals surface area contributed by atoms with Gasteiger partial charge in [0, 0.05) is 6.54 Å². The average molecular weight is 445 g/mol. The highest BCUT2D eigenvalue weighted by molar-refractivity contribution is 5.88. The molecule has 1 spiro atoms. The quantitative estimate of drug-likeness (QED) is 0.568. The summed E-state index contributed by atoms with van der Waals surface area (Å²) in [5.74, 6) is -1.59. The lowest BCUT2D eigenvalue weighted by molar-refractivity contribution is -0.150. The number of aliphatic carboxylic acids is 1. The normalized spacial score (nSPS) is 21.8. The van der Waals surface area contributed by atoms with Crippen LogP contribution in [0.15, 0.2) is 30.3 Å². The molecule has 1 saturated heterocycles. The number of rotatable bonds is 9. The van der Waals surface area contributed by atoms with Gasteiger partial charge in [-0.3, -0.25) is 14.9 Å². The first kappa shape index (κ1) is 24.2. The maximum absolute atomic E-state index is 13.3. The second-order valence-corrected chi connectivity index (χ2v) is 9.30. The van der Waals surface area contributed by atoms with Crippen molar-refractivity contribution in [2.45, 2.75) is 83.3 Å². The summed E-state index contributed by atoms with van der Waals surface area (Å²) in [5.41, 5.74) is 1.03. The molecule has 1 aliphatic carbocycles. The van der Waals surface area contributed by atoms with Crippen LogP contribution in [0.2, 0.25) is 0 Å². The van der Waals surface area contributed by atoms with E-state index in [0.717, 1.165) is 31.2 Å². The molecule has 1 aliphatic heterocycles. The lowest BCUT2D eigenvalue weighted by Gasteiger charge is -2.33. The highest BCUT2D eigenvalue weighted by atomic mass is 16.5. The van der Waals surface area contributed by atoms with E-state index in [9.17, 15) is 19.5 Å². The number of carboxylic acid groups (broad SMARTS) is 1. The topological polar surface area (TPSA) is 95.9 Å². The number of carbonyl (C=O) groups excluding carboxylic acids is 2. The SMILES string of the molecule is CCOC(=O)C(CCc1ccccc1)N[C@@H](C)C(=O)N1CC2(CCCCC2)C[C@H]1C(=O)O. The molecule has 176 valence electrons. The highest BCUT2D eigenvalue weighted by Crippen LogP contribution is 2.46. The number of ether oxygens (including phenoxy) is 1. The van der Waals surface area contributed by atoms with Gasteiger partial charge >= 0.3 is 11.9 Å². The Labute approximate surface area is 190 Å². The second kappa shape index (κ2) is 10.9. The number of benzene rings is 1. The number of aryl methyl sites for hydroxylation is 1. The number of nitrogens with one attached hydrogen (secondary N) is 1. The Morgan fingerprint density at radius 1 is 1.19 bits per heavy atom. The fourth-order valence-electron chi connectivity index (χ4n) is 5.26. The van der Waals surface area contributed by atoms with Gasteiger partial charge in [-0.15, -0.1) is 0 Å². The molecule has 1 aromatic carbocycles. The minimum Gasteiger partial charge on any atom is -0.480 e. The molecule has 1 amide bonds. The minimum absolute atomic E-state index is 0.0788. The van der Waals surface area contributed by atoms with Gasteiger partial charge < -0.3 is 14.7 Å².